The van der Waals surface area contributed by atoms with Crippen LogP contribution in [0.2, 0.25) is 0 Å². The summed E-state index contributed by atoms with van der Waals surface area (Å²) in [6.45, 7) is 6.17. The molecule has 0 aliphatic carbocycles. The number of nitrogens with zero attached hydrogens (tertiary/aromatic N) is 2. The summed E-state index contributed by atoms with van der Waals surface area (Å²) in [7, 11) is 0. The van der Waals surface area contributed by atoms with Crippen molar-refractivity contribution in [2.75, 3.05) is 0 Å². The largest absolute Gasteiger partial charge is 0.297 e. The molecule has 1 aromatic rings. The van der Waals surface area contributed by atoms with Crippen LogP contribution in [0.15, 0.2) is 24.5 Å². The molecule has 1 atom stereocenters. The molecule has 0 saturated carbocycles. The average Bonchev–Trinajstić information content (AvgIpc) is 2.16. The molecule has 0 fully saturated rings. The third-order valence-corrected chi connectivity index (χ3v) is 1.93. The first-order chi connectivity index (χ1) is 7.01. The summed E-state index contributed by atoms with van der Waals surface area (Å²) in [6.07, 6.45) is 4.23. The number of nitrogens with one attached hydrogen (secondary N) is 1. The van der Waals surface area contributed by atoms with Crippen LogP contribution in [0.25, 0.3) is 0 Å². The molecule has 0 saturated heterocycles. The zero-order valence-electron chi connectivity index (χ0n) is 9.49. The highest BCUT2D eigenvalue weighted by Crippen LogP contribution is 2.06. The van der Waals surface area contributed by atoms with Gasteiger partial charge in [0, 0.05) is 24.4 Å². The first-order valence-electron chi connectivity index (χ1n) is 5.07. The summed E-state index contributed by atoms with van der Waals surface area (Å²) >= 11 is 0. The maximum absolute atomic E-state index is 9.02. The molecule has 1 rings (SSSR count). The van der Waals surface area contributed by atoms with Crippen LogP contribution < -0.4 is 5.32 Å². The summed E-state index contributed by atoms with van der Waals surface area (Å²) in [5, 5.41) is 12.3. The van der Waals surface area contributed by atoms with E-state index in [2.05, 4.69) is 37.1 Å². The molecule has 0 aliphatic heterocycles. The standard InChI is InChI=1S/C12H17N3/c1-12(2,3)15-11(8-13)7-10-5-4-6-14-9-10/h4-6,9,11,15H,7H2,1-3H3. The lowest BCUT2D eigenvalue weighted by molar-refractivity contribution is 0.394. The molecule has 0 amide bonds. The van der Waals surface area contributed by atoms with Gasteiger partial charge in [0.15, 0.2) is 0 Å². The summed E-state index contributed by atoms with van der Waals surface area (Å²) in [5.41, 5.74) is 1.04. The van der Waals surface area contributed by atoms with E-state index in [9.17, 15) is 0 Å². The van der Waals surface area contributed by atoms with Crippen molar-refractivity contribution in [1.29, 1.82) is 5.26 Å². The molecule has 15 heavy (non-hydrogen) atoms. The summed E-state index contributed by atoms with van der Waals surface area (Å²) < 4.78 is 0. The van der Waals surface area contributed by atoms with E-state index in [1.807, 2.05) is 12.1 Å². The van der Waals surface area contributed by atoms with Gasteiger partial charge in [-0.2, -0.15) is 5.26 Å². The molecular formula is C12H17N3. The van der Waals surface area contributed by atoms with Crippen LogP contribution >= 0.6 is 0 Å². The lowest BCUT2D eigenvalue weighted by atomic mass is 10.0. The fraction of sp³-hybridized carbons (Fsp3) is 0.500. The molecule has 1 N–H and O–H groups in total. The van der Waals surface area contributed by atoms with Gasteiger partial charge in [-0.15, -0.1) is 0 Å². The number of aromatic nitrogens is 1. The molecule has 3 heteroatoms. The van der Waals surface area contributed by atoms with Crippen LogP contribution in [0.5, 0.6) is 0 Å². The van der Waals surface area contributed by atoms with Crippen LogP contribution in [0.4, 0.5) is 0 Å². The highest BCUT2D eigenvalue weighted by atomic mass is 15.0. The van der Waals surface area contributed by atoms with Crippen molar-refractivity contribution in [3.05, 3.63) is 30.1 Å². The molecule has 1 heterocycles. The van der Waals surface area contributed by atoms with Gasteiger partial charge in [-0.25, -0.2) is 0 Å². The minimum Gasteiger partial charge on any atom is -0.297 e. The number of hydrogen-bond acceptors (Lipinski definition) is 3. The second-order valence-electron chi connectivity index (χ2n) is 4.64. The number of nitriles is 1. The van der Waals surface area contributed by atoms with E-state index >= 15 is 0 Å². The van der Waals surface area contributed by atoms with E-state index < -0.39 is 0 Å². The Hall–Kier alpha value is -1.40. The normalized spacial score (nSPS) is 13.2. The van der Waals surface area contributed by atoms with Crippen molar-refractivity contribution in [2.45, 2.75) is 38.8 Å². The molecule has 0 aromatic carbocycles. The lowest BCUT2D eigenvalue weighted by Gasteiger charge is -2.24. The summed E-state index contributed by atoms with van der Waals surface area (Å²) in [5.74, 6) is 0. The third kappa shape index (κ3) is 4.57. The Labute approximate surface area is 91.1 Å². The van der Waals surface area contributed by atoms with E-state index in [-0.39, 0.29) is 11.6 Å². The summed E-state index contributed by atoms with van der Waals surface area (Å²) in [4.78, 5) is 4.03. The SMILES string of the molecule is CC(C)(C)NC(C#N)Cc1cccnc1. The number of rotatable bonds is 3. The molecule has 1 aromatic heterocycles. The molecule has 0 spiro atoms. The highest BCUT2D eigenvalue weighted by molar-refractivity contribution is 5.13. The first-order valence-corrected chi connectivity index (χ1v) is 5.07. The molecular weight excluding hydrogens is 186 g/mol. The van der Waals surface area contributed by atoms with E-state index in [4.69, 9.17) is 5.26 Å². The maximum Gasteiger partial charge on any atom is 0.0998 e. The van der Waals surface area contributed by atoms with E-state index in [0.29, 0.717) is 6.42 Å². The fourth-order valence-corrected chi connectivity index (χ4v) is 1.41. The zero-order valence-corrected chi connectivity index (χ0v) is 9.49. The minimum atomic E-state index is -0.158. The Morgan fingerprint density at radius 2 is 2.27 bits per heavy atom. The summed E-state index contributed by atoms with van der Waals surface area (Å²) in [6, 6.07) is 5.99. The number of hydrogen-bond donors (Lipinski definition) is 1. The number of pyridine rings is 1. The van der Waals surface area contributed by atoms with Gasteiger partial charge in [0.05, 0.1) is 12.1 Å². The quantitative estimate of drug-likeness (QED) is 0.816. The second-order valence-corrected chi connectivity index (χ2v) is 4.64. The van der Waals surface area contributed by atoms with Crippen molar-refractivity contribution in [2.24, 2.45) is 0 Å². The first kappa shape index (κ1) is 11.7. The Balaban J connectivity index is 2.60. The van der Waals surface area contributed by atoms with E-state index in [0.717, 1.165) is 5.56 Å². The highest BCUT2D eigenvalue weighted by Gasteiger charge is 2.16. The molecule has 0 radical (unpaired) electrons. The maximum atomic E-state index is 9.02. The van der Waals surface area contributed by atoms with Gasteiger partial charge in [0.2, 0.25) is 0 Å². The van der Waals surface area contributed by atoms with E-state index in [1.165, 1.54) is 0 Å². The molecule has 80 valence electrons. The van der Waals surface area contributed by atoms with Gasteiger partial charge in [-0.05, 0) is 32.4 Å². The Bertz CT molecular complexity index is 332. The van der Waals surface area contributed by atoms with Crippen molar-refractivity contribution in [3.8, 4) is 6.07 Å². The molecule has 0 aliphatic rings. The van der Waals surface area contributed by atoms with Crippen molar-refractivity contribution in [3.63, 3.8) is 0 Å². The van der Waals surface area contributed by atoms with Gasteiger partial charge in [-0.3, -0.25) is 10.3 Å². The average molecular weight is 203 g/mol. The van der Waals surface area contributed by atoms with Crippen molar-refractivity contribution >= 4 is 0 Å². The van der Waals surface area contributed by atoms with Gasteiger partial charge in [0.25, 0.3) is 0 Å². The van der Waals surface area contributed by atoms with Gasteiger partial charge >= 0.3 is 0 Å². The smallest absolute Gasteiger partial charge is 0.0998 e. The van der Waals surface area contributed by atoms with Gasteiger partial charge in [-0.1, -0.05) is 6.07 Å². The lowest BCUT2D eigenvalue weighted by Crippen LogP contribution is -2.43. The van der Waals surface area contributed by atoms with Crippen molar-refractivity contribution in [1.82, 2.24) is 10.3 Å². The van der Waals surface area contributed by atoms with E-state index in [1.54, 1.807) is 12.4 Å². The van der Waals surface area contributed by atoms with Crippen LogP contribution in [0.3, 0.4) is 0 Å². The molecule has 0 bridgehead atoms. The Morgan fingerprint density at radius 3 is 2.73 bits per heavy atom. The van der Waals surface area contributed by atoms with Crippen LogP contribution in [-0.4, -0.2) is 16.6 Å². The predicted octanol–water partition coefficient (Wildman–Crippen LogP) is 1.90. The fourth-order valence-electron chi connectivity index (χ4n) is 1.41. The van der Waals surface area contributed by atoms with Crippen LogP contribution in [0, 0.1) is 11.3 Å². The Morgan fingerprint density at radius 1 is 1.53 bits per heavy atom. The van der Waals surface area contributed by atoms with Crippen LogP contribution in [-0.2, 0) is 6.42 Å². The minimum absolute atomic E-state index is 0.0391. The Kier molecular flexibility index (Phi) is 3.81. The molecule has 1 unspecified atom stereocenters. The zero-order chi connectivity index (χ0) is 11.3. The monoisotopic (exact) mass is 203 g/mol. The van der Waals surface area contributed by atoms with Crippen molar-refractivity contribution < 1.29 is 0 Å². The van der Waals surface area contributed by atoms with Crippen LogP contribution in [0.1, 0.15) is 26.3 Å². The molecule has 3 nitrogen and oxygen atoms in total. The topological polar surface area (TPSA) is 48.7 Å². The van der Waals surface area contributed by atoms with Gasteiger partial charge < -0.3 is 0 Å². The third-order valence-electron chi connectivity index (χ3n) is 1.93. The predicted molar refractivity (Wildman–Crippen MR) is 60.2 cm³/mol. The van der Waals surface area contributed by atoms with Gasteiger partial charge in [0.1, 0.15) is 0 Å². The second kappa shape index (κ2) is 4.90.